The molecule has 0 aliphatic carbocycles. The fourth-order valence-corrected chi connectivity index (χ4v) is 0.490. The van der Waals surface area contributed by atoms with E-state index in [-0.39, 0.29) is 6.26 Å². The smallest absolute Gasteiger partial charge is 0.231 e. The molecule has 5 N–H and O–H groups in total. The Kier molecular flexibility index (Phi) is 4.27. The molecule has 0 aromatic rings. The molecule has 0 unspecified atom stereocenters. The zero-order chi connectivity index (χ0) is 9.72. The Labute approximate surface area is 68.0 Å². The number of rotatable bonds is 4. The molecule has 0 bridgehead atoms. The SMILES string of the molecule is O=C(/C(O)=C\O)[C@H](O)[C@H](O)CO. The molecule has 0 heterocycles. The molecule has 0 aromatic carbocycles. The van der Waals surface area contributed by atoms with Gasteiger partial charge >= 0.3 is 0 Å². The lowest BCUT2D eigenvalue weighted by molar-refractivity contribution is -0.133. The Morgan fingerprint density at radius 2 is 1.92 bits per heavy atom. The highest BCUT2D eigenvalue weighted by molar-refractivity contribution is 5.96. The van der Waals surface area contributed by atoms with Crippen LogP contribution in [0, 0.1) is 0 Å². The number of ketones is 1. The Balaban J connectivity index is 4.29. The van der Waals surface area contributed by atoms with Crippen molar-refractivity contribution in [2.75, 3.05) is 6.61 Å². The second kappa shape index (κ2) is 4.70. The Morgan fingerprint density at radius 1 is 1.42 bits per heavy atom. The van der Waals surface area contributed by atoms with Gasteiger partial charge in [-0.25, -0.2) is 0 Å². The topological polar surface area (TPSA) is 118 Å². The first-order valence-electron chi connectivity index (χ1n) is 3.09. The lowest BCUT2D eigenvalue weighted by Crippen LogP contribution is -2.37. The minimum atomic E-state index is -1.93. The molecule has 6 heteroatoms. The molecule has 0 spiro atoms. The van der Waals surface area contributed by atoms with Crippen LogP contribution in [0.2, 0.25) is 0 Å². The summed E-state index contributed by atoms with van der Waals surface area (Å²) >= 11 is 0. The van der Waals surface area contributed by atoms with Gasteiger partial charge in [-0.2, -0.15) is 0 Å². The highest BCUT2D eigenvalue weighted by Crippen LogP contribution is 2.00. The van der Waals surface area contributed by atoms with Crippen molar-refractivity contribution in [1.29, 1.82) is 0 Å². The minimum absolute atomic E-state index is 0.0929. The van der Waals surface area contributed by atoms with Crippen LogP contribution in [-0.2, 0) is 4.79 Å². The van der Waals surface area contributed by atoms with Crippen molar-refractivity contribution in [2.45, 2.75) is 12.2 Å². The lowest BCUT2D eigenvalue weighted by Gasteiger charge is -2.12. The molecule has 6 nitrogen and oxygen atoms in total. The third-order valence-electron chi connectivity index (χ3n) is 1.19. The second-order valence-electron chi connectivity index (χ2n) is 2.07. The van der Waals surface area contributed by atoms with Crippen LogP contribution in [0.25, 0.3) is 0 Å². The zero-order valence-electron chi connectivity index (χ0n) is 6.08. The van der Waals surface area contributed by atoms with Gasteiger partial charge in [-0.1, -0.05) is 0 Å². The number of Topliss-reactive ketones (excluding diaryl/α,β-unsaturated/α-hetero) is 1. The summed E-state index contributed by atoms with van der Waals surface area (Å²) in [5.41, 5.74) is 0. The normalized spacial score (nSPS) is 17.1. The summed E-state index contributed by atoms with van der Waals surface area (Å²) in [5.74, 6) is -2.32. The predicted molar refractivity (Wildman–Crippen MR) is 37.4 cm³/mol. The van der Waals surface area contributed by atoms with Crippen LogP contribution in [0.5, 0.6) is 0 Å². The summed E-state index contributed by atoms with van der Waals surface area (Å²) in [4.78, 5) is 10.7. The highest BCUT2D eigenvalue weighted by Gasteiger charge is 2.26. The standard InChI is InChI=1S/C6H10O6/c7-1-3(9)5(11)6(12)4(10)2-8/h1,4,6-10,12H,2H2/b3-1+/t4-,6-/m1/s1. The summed E-state index contributed by atoms with van der Waals surface area (Å²) in [5, 5.41) is 42.5. The molecule has 0 fully saturated rings. The first-order chi connectivity index (χ1) is 5.54. The molecule has 70 valence electrons. The van der Waals surface area contributed by atoms with Gasteiger partial charge in [0, 0.05) is 0 Å². The van der Waals surface area contributed by atoms with Crippen LogP contribution in [0.1, 0.15) is 0 Å². The van der Waals surface area contributed by atoms with Gasteiger partial charge in [0.1, 0.15) is 18.5 Å². The van der Waals surface area contributed by atoms with Crippen LogP contribution in [-0.4, -0.2) is 50.1 Å². The Hall–Kier alpha value is -1.11. The average Bonchev–Trinajstić information content (AvgIpc) is 2.12. The molecule has 12 heavy (non-hydrogen) atoms. The third-order valence-corrected chi connectivity index (χ3v) is 1.19. The van der Waals surface area contributed by atoms with Gasteiger partial charge in [0.25, 0.3) is 0 Å². The molecule has 0 amide bonds. The van der Waals surface area contributed by atoms with Crippen LogP contribution >= 0.6 is 0 Å². The van der Waals surface area contributed by atoms with Gasteiger partial charge in [-0.15, -0.1) is 0 Å². The fraction of sp³-hybridized carbons (Fsp3) is 0.500. The maximum Gasteiger partial charge on any atom is 0.231 e. The first-order valence-corrected chi connectivity index (χ1v) is 3.09. The van der Waals surface area contributed by atoms with E-state index in [4.69, 9.17) is 25.5 Å². The van der Waals surface area contributed by atoms with Gasteiger partial charge < -0.3 is 25.5 Å². The van der Waals surface area contributed by atoms with E-state index >= 15 is 0 Å². The van der Waals surface area contributed by atoms with Crippen LogP contribution < -0.4 is 0 Å². The van der Waals surface area contributed by atoms with Crippen molar-refractivity contribution in [3.05, 3.63) is 12.0 Å². The van der Waals surface area contributed by atoms with E-state index in [1.165, 1.54) is 0 Å². The van der Waals surface area contributed by atoms with Crippen molar-refractivity contribution >= 4 is 5.78 Å². The fourth-order valence-electron chi connectivity index (χ4n) is 0.490. The van der Waals surface area contributed by atoms with Crippen LogP contribution in [0.4, 0.5) is 0 Å². The predicted octanol–water partition coefficient (Wildman–Crippen LogP) is -1.77. The number of aliphatic hydroxyl groups excluding tert-OH is 5. The molecule has 0 aliphatic heterocycles. The Bertz CT molecular complexity index is 186. The molecular formula is C6H10O6. The van der Waals surface area contributed by atoms with Crippen molar-refractivity contribution in [3.8, 4) is 0 Å². The molecule has 0 aliphatic rings. The zero-order valence-corrected chi connectivity index (χ0v) is 6.08. The van der Waals surface area contributed by atoms with E-state index in [0.717, 1.165) is 0 Å². The number of carbonyl (C=O) groups is 1. The van der Waals surface area contributed by atoms with Crippen molar-refractivity contribution < 1.29 is 30.3 Å². The van der Waals surface area contributed by atoms with E-state index in [9.17, 15) is 4.79 Å². The van der Waals surface area contributed by atoms with E-state index in [1.807, 2.05) is 0 Å². The summed E-state index contributed by atoms with van der Waals surface area (Å²) in [6.07, 6.45) is -3.51. The van der Waals surface area contributed by atoms with Gasteiger partial charge in [0.15, 0.2) is 5.76 Å². The first kappa shape index (κ1) is 10.9. The molecule has 0 saturated heterocycles. The average molecular weight is 178 g/mol. The lowest BCUT2D eigenvalue weighted by atomic mass is 10.1. The molecule has 0 saturated carbocycles. The third kappa shape index (κ3) is 2.50. The molecule has 0 radical (unpaired) electrons. The molecule has 2 atom stereocenters. The summed E-state index contributed by atoms with van der Waals surface area (Å²) < 4.78 is 0. The molecular weight excluding hydrogens is 168 g/mol. The van der Waals surface area contributed by atoms with E-state index in [0.29, 0.717) is 0 Å². The quantitative estimate of drug-likeness (QED) is 0.257. The van der Waals surface area contributed by atoms with Crippen molar-refractivity contribution in [1.82, 2.24) is 0 Å². The van der Waals surface area contributed by atoms with Gasteiger partial charge in [0.05, 0.1) is 6.61 Å². The van der Waals surface area contributed by atoms with Crippen LogP contribution in [0.15, 0.2) is 12.0 Å². The number of aliphatic hydroxyl groups is 5. The second-order valence-corrected chi connectivity index (χ2v) is 2.07. The number of hydrogen-bond acceptors (Lipinski definition) is 6. The van der Waals surface area contributed by atoms with Gasteiger partial charge in [0.2, 0.25) is 5.78 Å². The van der Waals surface area contributed by atoms with E-state index < -0.39 is 30.4 Å². The minimum Gasteiger partial charge on any atom is -0.512 e. The van der Waals surface area contributed by atoms with Gasteiger partial charge in [-0.3, -0.25) is 4.79 Å². The largest absolute Gasteiger partial charge is 0.512 e. The maximum atomic E-state index is 10.7. The molecule has 0 rings (SSSR count). The van der Waals surface area contributed by atoms with Gasteiger partial charge in [-0.05, 0) is 0 Å². The Morgan fingerprint density at radius 3 is 2.25 bits per heavy atom. The molecule has 0 aromatic heterocycles. The number of hydrogen-bond donors (Lipinski definition) is 5. The summed E-state index contributed by atoms with van der Waals surface area (Å²) in [6, 6.07) is 0. The van der Waals surface area contributed by atoms with Crippen LogP contribution in [0.3, 0.4) is 0 Å². The summed E-state index contributed by atoms with van der Waals surface area (Å²) in [6.45, 7) is -0.814. The van der Waals surface area contributed by atoms with E-state index in [2.05, 4.69) is 0 Å². The monoisotopic (exact) mass is 178 g/mol. The maximum absolute atomic E-state index is 10.7. The van der Waals surface area contributed by atoms with E-state index in [1.54, 1.807) is 0 Å². The summed E-state index contributed by atoms with van der Waals surface area (Å²) in [7, 11) is 0. The highest BCUT2D eigenvalue weighted by atomic mass is 16.4. The number of carbonyl (C=O) groups excluding carboxylic acids is 1. The van der Waals surface area contributed by atoms with Crippen molar-refractivity contribution in [2.24, 2.45) is 0 Å². The van der Waals surface area contributed by atoms with Crippen molar-refractivity contribution in [3.63, 3.8) is 0 Å².